The smallest absolute Gasteiger partial charge is 0.224 e. The Morgan fingerprint density at radius 3 is 2.32 bits per heavy atom. The van der Waals surface area contributed by atoms with Gasteiger partial charge in [0.25, 0.3) is 0 Å². The van der Waals surface area contributed by atoms with E-state index in [9.17, 15) is 4.79 Å². The molecular formula is C15H23N3O. The first kappa shape index (κ1) is 13.9. The number of carbonyl (C=O) groups is 1. The molecule has 1 aromatic rings. The van der Waals surface area contributed by atoms with E-state index in [0.717, 1.165) is 37.1 Å². The van der Waals surface area contributed by atoms with E-state index in [4.69, 9.17) is 5.73 Å². The van der Waals surface area contributed by atoms with Gasteiger partial charge in [-0.1, -0.05) is 6.92 Å². The SMILES string of the molecule is CCC(=O)Nc1ccc(NC2CCC(N)CC2)cc1. The molecule has 104 valence electrons. The number of anilines is 2. The first-order valence-electron chi connectivity index (χ1n) is 7.09. The molecular weight excluding hydrogens is 238 g/mol. The lowest BCUT2D eigenvalue weighted by molar-refractivity contribution is -0.115. The standard InChI is InChI=1S/C15H23N3O/c1-2-15(19)18-14-9-7-13(8-10-14)17-12-5-3-11(16)4-6-12/h7-12,17H,2-6,16H2,1H3,(H,18,19). The van der Waals surface area contributed by atoms with E-state index >= 15 is 0 Å². The zero-order valence-corrected chi connectivity index (χ0v) is 11.5. The number of amides is 1. The van der Waals surface area contributed by atoms with E-state index in [1.54, 1.807) is 0 Å². The maximum Gasteiger partial charge on any atom is 0.224 e. The van der Waals surface area contributed by atoms with E-state index in [1.165, 1.54) is 0 Å². The van der Waals surface area contributed by atoms with Gasteiger partial charge >= 0.3 is 0 Å². The molecule has 1 fully saturated rings. The van der Waals surface area contributed by atoms with Gasteiger partial charge in [-0.3, -0.25) is 4.79 Å². The fourth-order valence-corrected chi connectivity index (χ4v) is 2.40. The number of carbonyl (C=O) groups excluding carboxylic acids is 1. The van der Waals surface area contributed by atoms with Crippen molar-refractivity contribution >= 4 is 17.3 Å². The summed E-state index contributed by atoms with van der Waals surface area (Å²) in [7, 11) is 0. The van der Waals surface area contributed by atoms with Crippen molar-refractivity contribution < 1.29 is 4.79 Å². The third-order valence-corrected chi connectivity index (χ3v) is 3.63. The second-order valence-electron chi connectivity index (χ2n) is 5.24. The number of hydrogen-bond acceptors (Lipinski definition) is 3. The summed E-state index contributed by atoms with van der Waals surface area (Å²) >= 11 is 0. The van der Waals surface area contributed by atoms with E-state index < -0.39 is 0 Å². The third-order valence-electron chi connectivity index (χ3n) is 3.63. The second-order valence-corrected chi connectivity index (χ2v) is 5.24. The molecule has 4 N–H and O–H groups in total. The summed E-state index contributed by atoms with van der Waals surface area (Å²) in [5.74, 6) is 0.0435. The van der Waals surface area contributed by atoms with Crippen LogP contribution < -0.4 is 16.4 Å². The molecule has 0 atom stereocenters. The van der Waals surface area contributed by atoms with Crippen molar-refractivity contribution in [1.82, 2.24) is 0 Å². The normalized spacial score (nSPS) is 22.8. The van der Waals surface area contributed by atoms with Crippen LogP contribution in [-0.2, 0) is 4.79 Å². The van der Waals surface area contributed by atoms with Crippen molar-refractivity contribution in [3.05, 3.63) is 24.3 Å². The van der Waals surface area contributed by atoms with Gasteiger partial charge in [-0.2, -0.15) is 0 Å². The summed E-state index contributed by atoms with van der Waals surface area (Å²) in [6, 6.07) is 8.80. The Morgan fingerprint density at radius 1 is 1.16 bits per heavy atom. The molecule has 0 aliphatic heterocycles. The molecule has 1 aliphatic carbocycles. The van der Waals surface area contributed by atoms with Gasteiger partial charge in [0.2, 0.25) is 5.91 Å². The van der Waals surface area contributed by atoms with Crippen LogP contribution in [0, 0.1) is 0 Å². The van der Waals surface area contributed by atoms with Crippen molar-refractivity contribution in [1.29, 1.82) is 0 Å². The highest BCUT2D eigenvalue weighted by atomic mass is 16.1. The second kappa shape index (κ2) is 6.57. The van der Waals surface area contributed by atoms with Gasteiger partial charge in [0.05, 0.1) is 0 Å². The Balaban J connectivity index is 1.86. The average molecular weight is 261 g/mol. The van der Waals surface area contributed by atoms with Crippen LogP contribution in [0.5, 0.6) is 0 Å². The lowest BCUT2D eigenvalue weighted by Crippen LogP contribution is -2.32. The summed E-state index contributed by atoms with van der Waals surface area (Å²) < 4.78 is 0. The molecule has 0 saturated heterocycles. The van der Waals surface area contributed by atoms with Gasteiger partial charge < -0.3 is 16.4 Å². The lowest BCUT2D eigenvalue weighted by atomic mass is 9.92. The molecule has 0 bridgehead atoms. The van der Waals surface area contributed by atoms with E-state index in [2.05, 4.69) is 10.6 Å². The minimum atomic E-state index is 0.0435. The predicted octanol–water partition coefficient (Wildman–Crippen LogP) is 2.72. The molecule has 0 aromatic heterocycles. The van der Waals surface area contributed by atoms with Gasteiger partial charge in [0, 0.05) is 29.9 Å². The van der Waals surface area contributed by atoms with Crippen molar-refractivity contribution in [3.63, 3.8) is 0 Å². The number of benzene rings is 1. The zero-order valence-electron chi connectivity index (χ0n) is 11.5. The van der Waals surface area contributed by atoms with Crippen molar-refractivity contribution in [2.75, 3.05) is 10.6 Å². The van der Waals surface area contributed by atoms with Gasteiger partial charge in [0.1, 0.15) is 0 Å². The fraction of sp³-hybridized carbons (Fsp3) is 0.533. The Labute approximate surface area is 114 Å². The molecule has 1 amide bonds. The fourth-order valence-electron chi connectivity index (χ4n) is 2.40. The zero-order chi connectivity index (χ0) is 13.7. The molecule has 0 radical (unpaired) electrons. The molecule has 4 nitrogen and oxygen atoms in total. The molecule has 0 heterocycles. The molecule has 2 rings (SSSR count). The van der Waals surface area contributed by atoms with Crippen LogP contribution in [0.2, 0.25) is 0 Å². The van der Waals surface area contributed by atoms with Crippen molar-refractivity contribution in [2.45, 2.75) is 51.1 Å². The first-order chi connectivity index (χ1) is 9.17. The molecule has 1 aliphatic rings. The molecule has 19 heavy (non-hydrogen) atoms. The number of hydrogen-bond donors (Lipinski definition) is 3. The van der Waals surface area contributed by atoms with E-state index in [1.807, 2.05) is 31.2 Å². The summed E-state index contributed by atoms with van der Waals surface area (Å²) in [6.07, 6.45) is 4.97. The Morgan fingerprint density at radius 2 is 1.74 bits per heavy atom. The lowest BCUT2D eigenvalue weighted by Gasteiger charge is -2.27. The number of nitrogens with two attached hydrogens (primary N) is 1. The number of nitrogens with one attached hydrogen (secondary N) is 2. The quantitative estimate of drug-likeness (QED) is 0.780. The van der Waals surface area contributed by atoms with Gasteiger partial charge in [0.15, 0.2) is 0 Å². The van der Waals surface area contributed by atoms with Crippen LogP contribution in [0.4, 0.5) is 11.4 Å². The van der Waals surface area contributed by atoms with Crippen molar-refractivity contribution in [2.24, 2.45) is 5.73 Å². The summed E-state index contributed by atoms with van der Waals surface area (Å²) in [5, 5.41) is 6.37. The molecule has 4 heteroatoms. The van der Waals surface area contributed by atoms with Crippen LogP contribution in [0.25, 0.3) is 0 Å². The Bertz CT molecular complexity index is 408. The highest BCUT2D eigenvalue weighted by Crippen LogP contribution is 2.22. The topological polar surface area (TPSA) is 67.2 Å². The van der Waals surface area contributed by atoms with E-state index in [0.29, 0.717) is 18.5 Å². The van der Waals surface area contributed by atoms with Crippen LogP contribution in [-0.4, -0.2) is 18.0 Å². The largest absolute Gasteiger partial charge is 0.382 e. The highest BCUT2D eigenvalue weighted by molar-refractivity contribution is 5.90. The van der Waals surface area contributed by atoms with Gasteiger partial charge in [-0.15, -0.1) is 0 Å². The minimum absolute atomic E-state index is 0.0435. The molecule has 0 unspecified atom stereocenters. The summed E-state index contributed by atoms with van der Waals surface area (Å²) in [6.45, 7) is 1.85. The third kappa shape index (κ3) is 4.24. The monoisotopic (exact) mass is 261 g/mol. The maximum atomic E-state index is 11.3. The molecule has 0 spiro atoms. The van der Waals surface area contributed by atoms with Crippen LogP contribution in [0.1, 0.15) is 39.0 Å². The molecule has 1 saturated carbocycles. The minimum Gasteiger partial charge on any atom is -0.382 e. The Hall–Kier alpha value is -1.55. The highest BCUT2D eigenvalue weighted by Gasteiger charge is 2.17. The predicted molar refractivity (Wildman–Crippen MR) is 79.2 cm³/mol. The number of rotatable bonds is 4. The maximum absolute atomic E-state index is 11.3. The van der Waals surface area contributed by atoms with Crippen LogP contribution >= 0.6 is 0 Å². The van der Waals surface area contributed by atoms with Crippen molar-refractivity contribution in [3.8, 4) is 0 Å². The van der Waals surface area contributed by atoms with Gasteiger partial charge in [-0.05, 0) is 49.9 Å². The molecule has 1 aromatic carbocycles. The van der Waals surface area contributed by atoms with Crippen LogP contribution in [0.3, 0.4) is 0 Å². The van der Waals surface area contributed by atoms with Gasteiger partial charge in [-0.25, -0.2) is 0 Å². The van der Waals surface area contributed by atoms with Crippen LogP contribution in [0.15, 0.2) is 24.3 Å². The Kier molecular flexibility index (Phi) is 4.80. The summed E-state index contributed by atoms with van der Waals surface area (Å²) in [4.78, 5) is 11.3. The van der Waals surface area contributed by atoms with E-state index in [-0.39, 0.29) is 5.91 Å². The summed E-state index contributed by atoms with van der Waals surface area (Å²) in [5.41, 5.74) is 7.86. The average Bonchev–Trinajstić information content (AvgIpc) is 2.43. The first-order valence-corrected chi connectivity index (χ1v) is 7.09.